The number of benzene rings is 2. The van der Waals surface area contributed by atoms with E-state index in [2.05, 4.69) is 10.3 Å². The summed E-state index contributed by atoms with van der Waals surface area (Å²) in [7, 11) is 0. The molecular formula is C19H19F5N2OS. The Labute approximate surface area is 164 Å². The monoisotopic (exact) mass is 418 g/mol. The van der Waals surface area contributed by atoms with Crippen molar-refractivity contribution in [3.05, 3.63) is 47.5 Å². The molecule has 0 unspecified atom stereocenters. The van der Waals surface area contributed by atoms with Crippen molar-refractivity contribution in [1.82, 2.24) is 0 Å². The summed E-state index contributed by atoms with van der Waals surface area (Å²) in [5, 5.41) is -1.83. The molecule has 0 aliphatic carbocycles. The van der Waals surface area contributed by atoms with Gasteiger partial charge in [-0.25, -0.2) is 0 Å². The lowest BCUT2D eigenvalue weighted by Crippen LogP contribution is -2.32. The Kier molecular flexibility index (Phi) is 6.92. The van der Waals surface area contributed by atoms with Gasteiger partial charge in [-0.05, 0) is 74.0 Å². The molecule has 28 heavy (non-hydrogen) atoms. The zero-order valence-electron chi connectivity index (χ0n) is 15.4. The fraction of sp³-hybridized carbons (Fsp3) is 0.316. The third kappa shape index (κ3) is 5.60. The largest absolute Gasteiger partial charge is 0.464 e. The first kappa shape index (κ1) is 22.0. The second-order valence-corrected chi connectivity index (χ2v) is 7.09. The molecule has 0 fully saturated rings. The summed E-state index contributed by atoms with van der Waals surface area (Å²) in [6.45, 7) is 6.20. The molecule has 0 saturated carbocycles. The average molecular weight is 418 g/mol. The van der Waals surface area contributed by atoms with Crippen LogP contribution in [0.25, 0.3) is 0 Å². The number of hydrogen-bond donors (Lipinski definition) is 1. The molecule has 0 aliphatic heterocycles. The van der Waals surface area contributed by atoms with E-state index in [4.69, 9.17) is 4.74 Å². The molecular weight excluding hydrogens is 399 g/mol. The number of rotatable bonds is 7. The van der Waals surface area contributed by atoms with Crippen LogP contribution >= 0.6 is 11.8 Å². The van der Waals surface area contributed by atoms with Gasteiger partial charge < -0.3 is 10.1 Å². The van der Waals surface area contributed by atoms with Gasteiger partial charge in [-0.15, -0.1) is 0 Å². The van der Waals surface area contributed by atoms with Gasteiger partial charge >= 0.3 is 11.4 Å². The van der Waals surface area contributed by atoms with Gasteiger partial charge in [-0.1, -0.05) is 6.07 Å². The zero-order chi connectivity index (χ0) is 20.9. The van der Waals surface area contributed by atoms with E-state index in [1.54, 1.807) is 19.3 Å². The number of aryl methyl sites for hydroxylation is 2. The predicted octanol–water partition coefficient (Wildman–Crippen LogP) is 6.80. The van der Waals surface area contributed by atoms with Crippen LogP contribution in [0.3, 0.4) is 0 Å². The van der Waals surface area contributed by atoms with Crippen molar-refractivity contribution >= 4 is 23.8 Å². The van der Waals surface area contributed by atoms with E-state index in [1.807, 2.05) is 19.9 Å². The molecule has 1 N–H and O–H groups in total. The molecule has 9 heteroatoms. The molecule has 0 atom stereocenters. The van der Waals surface area contributed by atoms with Gasteiger partial charge in [-0.3, -0.25) is 4.99 Å². The minimum atomic E-state index is -5.63. The van der Waals surface area contributed by atoms with Gasteiger partial charge in [-0.2, -0.15) is 22.0 Å². The van der Waals surface area contributed by atoms with Crippen LogP contribution in [0.1, 0.15) is 18.1 Å². The van der Waals surface area contributed by atoms with E-state index < -0.39 is 23.2 Å². The van der Waals surface area contributed by atoms with Gasteiger partial charge in [0.15, 0.2) is 0 Å². The summed E-state index contributed by atoms with van der Waals surface area (Å²) >= 11 is -0.564. The Balaban J connectivity index is 2.20. The second-order valence-electron chi connectivity index (χ2n) is 5.90. The summed E-state index contributed by atoms with van der Waals surface area (Å²) in [6, 6.07) is 8.77. The Morgan fingerprint density at radius 3 is 2.43 bits per heavy atom. The number of aliphatic imine (C=N–C) groups is 1. The van der Waals surface area contributed by atoms with Gasteiger partial charge in [0, 0.05) is 17.1 Å². The van der Waals surface area contributed by atoms with Crippen molar-refractivity contribution in [2.45, 2.75) is 37.1 Å². The number of thioether (sulfide) groups is 1. The zero-order valence-corrected chi connectivity index (χ0v) is 16.2. The quantitative estimate of drug-likeness (QED) is 0.232. The molecule has 2 rings (SSSR count). The molecule has 3 nitrogen and oxygen atoms in total. The van der Waals surface area contributed by atoms with Crippen LogP contribution in [0.4, 0.5) is 27.6 Å². The molecule has 0 radical (unpaired) electrons. The minimum Gasteiger partial charge on any atom is -0.457 e. The van der Waals surface area contributed by atoms with Crippen molar-refractivity contribution in [2.24, 2.45) is 4.99 Å². The predicted molar refractivity (Wildman–Crippen MR) is 102 cm³/mol. The average Bonchev–Trinajstić information content (AvgIpc) is 2.58. The van der Waals surface area contributed by atoms with Crippen LogP contribution < -0.4 is 10.1 Å². The lowest BCUT2D eigenvalue weighted by molar-refractivity contribution is -0.237. The number of alkyl halides is 5. The number of anilines is 1. The molecule has 2 aromatic carbocycles. The van der Waals surface area contributed by atoms with E-state index in [-0.39, 0.29) is 10.6 Å². The summed E-state index contributed by atoms with van der Waals surface area (Å²) in [4.78, 5) is 3.83. The van der Waals surface area contributed by atoms with E-state index in [0.29, 0.717) is 12.3 Å². The lowest BCUT2D eigenvalue weighted by Gasteiger charge is -2.19. The fourth-order valence-electron chi connectivity index (χ4n) is 2.20. The molecule has 0 aromatic heterocycles. The topological polar surface area (TPSA) is 33.6 Å². The van der Waals surface area contributed by atoms with Crippen LogP contribution in [0.15, 0.2) is 46.3 Å². The maximum Gasteiger partial charge on any atom is 0.464 e. The van der Waals surface area contributed by atoms with E-state index in [0.717, 1.165) is 22.9 Å². The highest BCUT2D eigenvalue weighted by atomic mass is 32.2. The number of ether oxygens (including phenoxy) is 1. The first-order chi connectivity index (χ1) is 13.0. The third-order valence-corrected chi connectivity index (χ3v) is 4.60. The van der Waals surface area contributed by atoms with E-state index in [1.165, 1.54) is 18.2 Å². The van der Waals surface area contributed by atoms with E-state index >= 15 is 0 Å². The normalized spacial score (nSPS) is 12.4. The maximum absolute atomic E-state index is 13.2. The molecule has 0 spiro atoms. The molecule has 2 aromatic rings. The number of halogens is 5. The second kappa shape index (κ2) is 8.81. The summed E-state index contributed by atoms with van der Waals surface area (Å²) in [5.41, 5.74) is 2.45. The smallest absolute Gasteiger partial charge is 0.457 e. The summed E-state index contributed by atoms with van der Waals surface area (Å²) in [6.07, 6.45) is -4.05. The molecule has 0 amide bonds. The van der Waals surface area contributed by atoms with Crippen LogP contribution in [-0.2, 0) is 0 Å². The van der Waals surface area contributed by atoms with Crippen molar-refractivity contribution in [1.29, 1.82) is 0 Å². The highest BCUT2D eigenvalue weighted by Crippen LogP contribution is 2.48. The lowest BCUT2D eigenvalue weighted by atomic mass is 10.1. The van der Waals surface area contributed by atoms with Crippen molar-refractivity contribution < 1.29 is 26.7 Å². The molecule has 0 heterocycles. The first-order valence-electron chi connectivity index (χ1n) is 8.31. The number of hydrogen-bond acceptors (Lipinski definition) is 3. The van der Waals surface area contributed by atoms with Crippen molar-refractivity contribution in [3.63, 3.8) is 0 Å². The van der Waals surface area contributed by atoms with Crippen LogP contribution in [0, 0.1) is 13.8 Å². The summed E-state index contributed by atoms with van der Waals surface area (Å²) < 4.78 is 69.4. The van der Waals surface area contributed by atoms with Gasteiger partial charge in [0.2, 0.25) is 0 Å². The molecule has 0 bridgehead atoms. The fourth-order valence-corrected chi connectivity index (χ4v) is 2.93. The van der Waals surface area contributed by atoms with Crippen molar-refractivity contribution in [2.75, 3.05) is 11.9 Å². The standard InChI is InChI=1S/C19H19F5N2OS/c1-4-25-11-26-16-8-13(3)17(9-12(16)2)27-14-6-5-7-15(10-14)28-19(23,24)18(20,21)22/h5-11H,4H2,1-3H3,(H,25,26). The first-order valence-corrected chi connectivity index (χ1v) is 9.12. The maximum atomic E-state index is 13.2. The van der Waals surface area contributed by atoms with Crippen molar-refractivity contribution in [3.8, 4) is 11.5 Å². The minimum absolute atomic E-state index is 0.165. The summed E-state index contributed by atoms with van der Waals surface area (Å²) in [5.74, 6) is 0.638. The molecule has 0 aliphatic rings. The number of nitrogens with one attached hydrogen (secondary N) is 1. The highest BCUT2D eigenvalue weighted by molar-refractivity contribution is 8.00. The van der Waals surface area contributed by atoms with Crippen LogP contribution in [-0.4, -0.2) is 24.3 Å². The SMILES string of the molecule is CCN=CNc1cc(C)c(Oc2cccc(SC(F)(F)C(F)(F)F)c2)cc1C. The Hall–Kier alpha value is -2.29. The number of nitrogens with zero attached hydrogens (tertiary/aromatic N) is 1. The van der Waals surface area contributed by atoms with Gasteiger partial charge in [0.1, 0.15) is 11.5 Å². The van der Waals surface area contributed by atoms with Gasteiger partial charge in [0.05, 0.1) is 6.34 Å². The molecule has 152 valence electrons. The van der Waals surface area contributed by atoms with E-state index in [9.17, 15) is 22.0 Å². The van der Waals surface area contributed by atoms with Gasteiger partial charge in [0.25, 0.3) is 0 Å². The Bertz CT molecular complexity index is 853. The Morgan fingerprint density at radius 2 is 1.79 bits per heavy atom. The van der Waals surface area contributed by atoms with Crippen LogP contribution in [0.2, 0.25) is 0 Å². The highest BCUT2D eigenvalue weighted by Gasteiger charge is 2.58. The van der Waals surface area contributed by atoms with Crippen LogP contribution in [0.5, 0.6) is 11.5 Å². The Morgan fingerprint density at radius 1 is 1.07 bits per heavy atom. The third-order valence-electron chi connectivity index (χ3n) is 3.63. The molecule has 0 saturated heterocycles.